The molecule has 79 heavy (non-hydrogen) atoms. The van der Waals surface area contributed by atoms with E-state index in [1.54, 1.807) is 115 Å². The molecule has 3 amide bonds. The number of ether oxygens (including phenoxy) is 9. The highest BCUT2D eigenvalue weighted by molar-refractivity contribution is 6.22. The summed E-state index contributed by atoms with van der Waals surface area (Å²) < 4.78 is 60.1. The first-order valence-corrected chi connectivity index (χ1v) is 26.2. The van der Waals surface area contributed by atoms with Crippen molar-refractivity contribution in [2.75, 3.05) is 41.0 Å². The van der Waals surface area contributed by atoms with E-state index in [0.29, 0.717) is 89.8 Å². The second-order valence-electron chi connectivity index (χ2n) is 22.7. The van der Waals surface area contributed by atoms with Crippen LogP contribution in [0.4, 0.5) is 14.4 Å². The Balaban J connectivity index is 1.18. The maximum Gasteiger partial charge on any atom is 0.411 e. The van der Waals surface area contributed by atoms with Crippen LogP contribution in [-0.2, 0) is 28.6 Å². The monoisotopic (exact) mass is 1090 g/mol. The van der Waals surface area contributed by atoms with E-state index in [9.17, 15) is 33.6 Å². The molecule has 3 aromatic heterocycles. The van der Waals surface area contributed by atoms with Gasteiger partial charge in [-0.15, -0.1) is 0 Å². The predicted molar refractivity (Wildman–Crippen MR) is 288 cm³/mol. The largest absolute Gasteiger partial charge is 0.493 e. The number of hydrogen-bond donors (Lipinski definition) is 0. The van der Waals surface area contributed by atoms with Crippen molar-refractivity contribution in [1.82, 2.24) is 19.1 Å². The Kier molecular flexibility index (Phi) is 14.9. The molecule has 0 bridgehead atoms. The molecular weight excluding hydrogens is 1020 g/mol. The number of rotatable bonds is 10. The summed E-state index contributed by atoms with van der Waals surface area (Å²) in [7, 11) is 4.22. The summed E-state index contributed by atoms with van der Waals surface area (Å²) in [5.74, 6) is -1.69. The molecule has 3 aliphatic heterocycles. The standard InChI is InChI=1S/C58H66N4O17/c1-56(2,3)77-53(67)59-22-13-16-35(59)49(63)73-38-20-19-32(27-40(38)70-10)45-46-34-29-42(72-12)44(76-51(65)37-18-15-24-61(37)55(69)79-58(7,8)9)30-39(34)74-52(66)48(46)62-25-21-31-26-43(41(71-11)28-33(31)47(45)62)75-50(64)36-17-14-23-60(36)54(68)78-57(4,5)6/h19-21,25-30,35-37H,13-18,22-24H2,1-12H3/t35?,36-,37-/m0/s1. The molecule has 3 atom stereocenters. The first kappa shape index (κ1) is 55.5. The molecule has 21 heteroatoms. The lowest BCUT2D eigenvalue weighted by atomic mass is 9.97. The topological polar surface area (TPSA) is 230 Å². The molecule has 0 spiro atoms. The quantitative estimate of drug-likeness (QED) is 0.0537. The van der Waals surface area contributed by atoms with E-state index < -0.39 is 76.7 Å². The van der Waals surface area contributed by atoms with Crippen molar-refractivity contribution < 1.29 is 75.8 Å². The van der Waals surface area contributed by atoms with E-state index in [2.05, 4.69) is 0 Å². The first-order valence-electron chi connectivity index (χ1n) is 26.2. The average molecular weight is 1090 g/mol. The van der Waals surface area contributed by atoms with Crippen LogP contribution in [0.5, 0.6) is 34.5 Å². The lowest BCUT2D eigenvalue weighted by Crippen LogP contribution is -2.44. The third-order valence-electron chi connectivity index (χ3n) is 13.7. The fourth-order valence-corrected chi connectivity index (χ4v) is 10.4. The zero-order chi connectivity index (χ0) is 57.0. The molecule has 21 nitrogen and oxygen atoms in total. The minimum atomic E-state index is -0.962. The Morgan fingerprint density at radius 2 is 0.937 bits per heavy atom. The van der Waals surface area contributed by atoms with Crippen LogP contribution in [0.15, 0.2) is 63.9 Å². The van der Waals surface area contributed by atoms with Crippen LogP contribution in [0.3, 0.4) is 0 Å². The van der Waals surface area contributed by atoms with E-state index in [1.807, 2.05) is 0 Å². The number of esters is 3. The third kappa shape index (κ3) is 11.3. The van der Waals surface area contributed by atoms with Gasteiger partial charge >= 0.3 is 41.8 Å². The molecule has 0 aliphatic carbocycles. The van der Waals surface area contributed by atoms with Crippen molar-refractivity contribution in [3.8, 4) is 45.6 Å². The van der Waals surface area contributed by atoms with Gasteiger partial charge in [0.2, 0.25) is 0 Å². The van der Waals surface area contributed by atoms with E-state index in [0.717, 1.165) is 0 Å². The van der Waals surface area contributed by atoms with Crippen LogP contribution < -0.4 is 34.0 Å². The van der Waals surface area contributed by atoms with Gasteiger partial charge in [-0.2, -0.15) is 0 Å². The van der Waals surface area contributed by atoms with Crippen LogP contribution in [0.2, 0.25) is 0 Å². The third-order valence-corrected chi connectivity index (χ3v) is 13.7. The summed E-state index contributed by atoms with van der Waals surface area (Å²) in [5.41, 5.74) is -1.66. The summed E-state index contributed by atoms with van der Waals surface area (Å²) in [4.78, 5) is 100.0. The zero-order valence-electron chi connectivity index (χ0n) is 46.5. The Hall–Kier alpha value is -8.23. The number of benzene rings is 3. The Morgan fingerprint density at radius 1 is 0.506 bits per heavy atom. The van der Waals surface area contributed by atoms with Gasteiger partial charge in [0.15, 0.2) is 34.5 Å². The molecule has 1 unspecified atom stereocenters. The summed E-state index contributed by atoms with van der Waals surface area (Å²) in [6, 6.07) is 10.1. The van der Waals surface area contributed by atoms with Crippen molar-refractivity contribution in [2.45, 2.75) is 136 Å². The Labute approximate surface area is 455 Å². The minimum absolute atomic E-state index is 0.0146. The molecule has 3 saturated heterocycles. The smallest absolute Gasteiger partial charge is 0.411 e. The van der Waals surface area contributed by atoms with E-state index >= 15 is 0 Å². The van der Waals surface area contributed by atoms with Gasteiger partial charge in [0.25, 0.3) is 0 Å². The lowest BCUT2D eigenvalue weighted by molar-refractivity contribution is -0.140. The number of likely N-dealkylation sites (tertiary alicyclic amines) is 3. The van der Waals surface area contributed by atoms with Gasteiger partial charge in [-0.25, -0.2) is 33.6 Å². The Morgan fingerprint density at radius 3 is 1.39 bits per heavy atom. The number of methoxy groups -OCH3 is 3. The fourth-order valence-electron chi connectivity index (χ4n) is 10.4. The highest BCUT2D eigenvalue weighted by Gasteiger charge is 2.41. The van der Waals surface area contributed by atoms with E-state index in [-0.39, 0.29) is 52.1 Å². The number of aromatic nitrogens is 1. The summed E-state index contributed by atoms with van der Waals surface area (Å²) in [6.45, 7) is 16.6. The SMILES string of the molecule is COc1cc(-c2c3c4cc(OC)c(OC(=O)[C@@H]5CCCN5C(=O)OC(C)(C)C)cc4oc(=O)c3n3ccc4cc(OC(=O)[C@@H]5CCCN5C(=O)OC(C)(C)C)c(OC)cc4c23)ccc1OC(=O)C1CCCN1C(=O)OC(C)(C)C. The molecule has 9 rings (SSSR count). The van der Waals surface area contributed by atoms with E-state index in [1.165, 1.54) is 42.1 Å². The molecule has 3 aliphatic rings. The molecule has 6 heterocycles. The normalized spacial score (nSPS) is 17.8. The van der Waals surface area contributed by atoms with Crippen molar-refractivity contribution in [3.05, 3.63) is 65.1 Å². The van der Waals surface area contributed by atoms with Gasteiger partial charge in [0.05, 0.1) is 26.8 Å². The van der Waals surface area contributed by atoms with Gasteiger partial charge in [-0.3, -0.25) is 14.7 Å². The molecule has 0 saturated carbocycles. The number of carbonyl (C=O) groups excluding carboxylic acids is 6. The molecule has 420 valence electrons. The van der Waals surface area contributed by atoms with Crippen molar-refractivity contribution >= 4 is 74.3 Å². The van der Waals surface area contributed by atoms with Gasteiger partial charge in [-0.1, -0.05) is 6.07 Å². The van der Waals surface area contributed by atoms with Crippen LogP contribution in [0.1, 0.15) is 101 Å². The van der Waals surface area contributed by atoms with Crippen molar-refractivity contribution in [3.63, 3.8) is 0 Å². The molecule has 0 N–H and O–H groups in total. The van der Waals surface area contributed by atoms with Crippen LogP contribution >= 0.6 is 0 Å². The van der Waals surface area contributed by atoms with Gasteiger partial charge < -0.3 is 51.4 Å². The molecular formula is C58H66N4O17. The number of nitrogens with zero attached hydrogens (tertiary/aromatic N) is 4. The first-order chi connectivity index (χ1) is 37.3. The summed E-state index contributed by atoms with van der Waals surface area (Å²) in [5, 5.41) is 1.80. The van der Waals surface area contributed by atoms with Gasteiger partial charge in [0.1, 0.15) is 46.0 Å². The van der Waals surface area contributed by atoms with Crippen molar-refractivity contribution in [1.29, 1.82) is 0 Å². The predicted octanol–water partition coefficient (Wildman–Crippen LogP) is 9.96. The van der Waals surface area contributed by atoms with E-state index in [4.69, 9.17) is 47.0 Å². The number of hydrogen-bond acceptors (Lipinski definition) is 17. The minimum Gasteiger partial charge on any atom is -0.493 e. The molecule has 0 radical (unpaired) electrons. The number of fused-ring (bicyclic) bond motifs is 7. The van der Waals surface area contributed by atoms with Crippen LogP contribution in [0, 0.1) is 0 Å². The van der Waals surface area contributed by atoms with Gasteiger partial charge in [-0.05, 0) is 148 Å². The Bertz CT molecular complexity index is 3510. The molecule has 3 aromatic carbocycles. The lowest BCUT2D eigenvalue weighted by Gasteiger charge is -2.27. The number of pyridine rings is 1. The maximum absolute atomic E-state index is 14.6. The zero-order valence-corrected chi connectivity index (χ0v) is 46.5. The highest BCUT2D eigenvalue weighted by atomic mass is 16.6. The number of amides is 3. The maximum atomic E-state index is 14.6. The second kappa shape index (κ2) is 21.2. The van der Waals surface area contributed by atoms with Gasteiger partial charge in [0, 0.05) is 53.6 Å². The van der Waals surface area contributed by atoms with Crippen LogP contribution in [-0.4, -0.2) is 131 Å². The summed E-state index contributed by atoms with van der Waals surface area (Å²) >= 11 is 0. The fraction of sp³-hybridized carbons (Fsp3) is 0.466. The highest BCUT2D eigenvalue weighted by Crippen LogP contribution is 2.47. The summed E-state index contributed by atoms with van der Waals surface area (Å²) in [6.07, 6.45) is 2.46. The van der Waals surface area contributed by atoms with Crippen molar-refractivity contribution in [2.24, 2.45) is 0 Å². The molecule has 3 fully saturated rings. The van der Waals surface area contributed by atoms with Crippen LogP contribution in [0.25, 0.3) is 49.3 Å². The average Bonchev–Trinajstić information content (AvgIpc) is 4.03. The number of carbonyl (C=O) groups is 6. The second-order valence-corrected chi connectivity index (χ2v) is 22.7. The molecule has 6 aromatic rings.